The van der Waals surface area contributed by atoms with Gasteiger partial charge in [0.25, 0.3) is 0 Å². The van der Waals surface area contributed by atoms with Crippen LogP contribution in [0.4, 0.5) is 0 Å². The van der Waals surface area contributed by atoms with Gasteiger partial charge < -0.3 is 10.1 Å². The molecule has 1 aromatic carbocycles. The van der Waals surface area contributed by atoms with Crippen LogP contribution in [0, 0.1) is 0 Å². The highest BCUT2D eigenvalue weighted by Crippen LogP contribution is 2.28. The number of benzene rings is 1. The van der Waals surface area contributed by atoms with E-state index >= 15 is 0 Å². The quantitative estimate of drug-likeness (QED) is 0.802. The molecular formula is C15H21NO. The first-order valence-electron chi connectivity index (χ1n) is 6.62. The molecule has 1 saturated heterocycles. The molecule has 2 aliphatic rings. The normalized spacial score (nSPS) is 26.8. The first-order valence-corrected chi connectivity index (χ1v) is 6.62. The number of fused-ring (bicyclic) bond motifs is 1. The van der Waals surface area contributed by atoms with Crippen LogP contribution in [0.5, 0.6) is 0 Å². The van der Waals surface area contributed by atoms with Gasteiger partial charge in [-0.1, -0.05) is 18.2 Å². The summed E-state index contributed by atoms with van der Waals surface area (Å²) in [7, 11) is 0. The third-order valence-electron chi connectivity index (χ3n) is 3.91. The maximum atomic E-state index is 5.98. The molecule has 1 aliphatic carbocycles. The molecule has 0 radical (unpaired) electrons. The Balaban J connectivity index is 1.77. The first kappa shape index (κ1) is 11.2. The summed E-state index contributed by atoms with van der Waals surface area (Å²) < 4.78 is 5.98. The van der Waals surface area contributed by atoms with Gasteiger partial charge in [0.15, 0.2) is 0 Å². The monoisotopic (exact) mass is 231 g/mol. The SMILES string of the molecule is CC1(C)COC(c2ccc3c(c2)CCC3)CN1. The number of aryl methyl sites for hydroxylation is 2. The van der Waals surface area contributed by atoms with E-state index in [1.807, 2.05) is 0 Å². The molecule has 1 N–H and O–H groups in total. The molecule has 0 bridgehead atoms. The zero-order valence-corrected chi connectivity index (χ0v) is 10.8. The van der Waals surface area contributed by atoms with E-state index < -0.39 is 0 Å². The Morgan fingerprint density at radius 2 is 2.06 bits per heavy atom. The zero-order chi connectivity index (χ0) is 11.9. The van der Waals surface area contributed by atoms with Gasteiger partial charge in [-0.3, -0.25) is 0 Å². The molecule has 1 aliphatic heterocycles. The Hall–Kier alpha value is -0.860. The molecule has 2 heteroatoms. The third-order valence-corrected chi connectivity index (χ3v) is 3.91. The molecule has 1 aromatic rings. The fourth-order valence-corrected chi connectivity index (χ4v) is 2.79. The highest BCUT2D eigenvalue weighted by Gasteiger charge is 2.28. The van der Waals surface area contributed by atoms with E-state index in [0.29, 0.717) is 0 Å². The van der Waals surface area contributed by atoms with E-state index in [1.165, 1.54) is 36.0 Å². The molecule has 92 valence electrons. The predicted molar refractivity (Wildman–Crippen MR) is 69.2 cm³/mol. The van der Waals surface area contributed by atoms with E-state index in [4.69, 9.17) is 4.74 Å². The number of ether oxygens (including phenoxy) is 1. The number of nitrogens with one attached hydrogen (secondary N) is 1. The third kappa shape index (κ3) is 2.24. The fraction of sp³-hybridized carbons (Fsp3) is 0.600. The van der Waals surface area contributed by atoms with Crippen LogP contribution >= 0.6 is 0 Å². The number of hydrogen-bond acceptors (Lipinski definition) is 2. The van der Waals surface area contributed by atoms with Crippen LogP contribution in [0.15, 0.2) is 18.2 Å². The highest BCUT2D eigenvalue weighted by atomic mass is 16.5. The van der Waals surface area contributed by atoms with Crippen LogP contribution in [-0.4, -0.2) is 18.7 Å². The van der Waals surface area contributed by atoms with Crippen molar-refractivity contribution in [3.05, 3.63) is 34.9 Å². The molecule has 1 heterocycles. The number of morpholine rings is 1. The minimum Gasteiger partial charge on any atom is -0.370 e. The summed E-state index contributed by atoms with van der Waals surface area (Å²) in [6.07, 6.45) is 4.05. The summed E-state index contributed by atoms with van der Waals surface area (Å²) >= 11 is 0. The summed E-state index contributed by atoms with van der Waals surface area (Å²) in [6.45, 7) is 6.08. The van der Waals surface area contributed by atoms with Crippen LogP contribution in [0.3, 0.4) is 0 Å². The van der Waals surface area contributed by atoms with Gasteiger partial charge in [-0.05, 0) is 49.8 Å². The second-order valence-corrected chi connectivity index (χ2v) is 5.95. The van der Waals surface area contributed by atoms with Gasteiger partial charge in [-0.25, -0.2) is 0 Å². The minimum absolute atomic E-state index is 0.118. The Morgan fingerprint density at radius 1 is 1.24 bits per heavy atom. The smallest absolute Gasteiger partial charge is 0.0950 e. The fourth-order valence-electron chi connectivity index (χ4n) is 2.79. The molecule has 1 unspecified atom stereocenters. The van der Waals surface area contributed by atoms with Gasteiger partial charge in [-0.2, -0.15) is 0 Å². The van der Waals surface area contributed by atoms with Crippen molar-refractivity contribution >= 4 is 0 Å². The zero-order valence-electron chi connectivity index (χ0n) is 10.8. The van der Waals surface area contributed by atoms with Crippen LogP contribution in [0.1, 0.15) is 43.1 Å². The number of rotatable bonds is 1. The highest BCUT2D eigenvalue weighted by molar-refractivity contribution is 5.36. The van der Waals surface area contributed by atoms with Crippen molar-refractivity contribution < 1.29 is 4.74 Å². The lowest BCUT2D eigenvalue weighted by atomic mass is 9.99. The first-order chi connectivity index (χ1) is 8.14. The van der Waals surface area contributed by atoms with Crippen molar-refractivity contribution in [3.63, 3.8) is 0 Å². The second-order valence-electron chi connectivity index (χ2n) is 5.95. The maximum absolute atomic E-state index is 5.98. The summed E-state index contributed by atoms with van der Waals surface area (Å²) in [6, 6.07) is 6.89. The van der Waals surface area contributed by atoms with Crippen molar-refractivity contribution in [2.75, 3.05) is 13.2 Å². The summed E-state index contributed by atoms with van der Waals surface area (Å²) in [5, 5.41) is 3.55. The van der Waals surface area contributed by atoms with Crippen LogP contribution in [0.2, 0.25) is 0 Å². The molecule has 3 rings (SSSR count). The topological polar surface area (TPSA) is 21.3 Å². The van der Waals surface area contributed by atoms with Gasteiger partial charge in [0.05, 0.1) is 12.7 Å². The molecule has 2 nitrogen and oxygen atoms in total. The molecular weight excluding hydrogens is 210 g/mol. The standard InChI is InChI=1S/C15H21NO/c1-15(2)10-17-14(9-16-15)13-7-6-11-4-3-5-12(11)8-13/h6-8,14,16H,3-5,9-10H2,1-2H3. The van der Waals surface area contributed by atoms with E-state index in [0.717, 1.165) is 13.2 Å². The van der Waals surface area contributed by atoms with E-state index in [9.17, 15) is 0 Å². The largest absolute Gasteiger partial charge is 0.370 e. The van der Waals surface area contributed by atoms with Gasteiger partial charge in [0, 0.05) is 12.1 Å². The van der Waals surface area contributed by atoms with Crippen molar-refractivity contribution in [2.24, 2.45) is 0 Å². The van der Waals surface area contributed by atoms with Gasteiger partial charge in [-0.15, -0.1) is 0 Å². The molecule has 1 atom stereocenters. The van der Waals surface area contributed by atoms with Crippen LogP contribution < -0.4 is 5.32 Å². The summed E-state index contributed by atoms with van der Waals surface area (Å²) in [5.74, 6) is 0. The summed E-state index contributed by atoms with van der Waals surface area (Å²) in [5.41, 5.74) is 4.54. The lowest BCUT2D eigenvalue weighted by molar-refractivity contribution is -0.0229. The van der Waals surface area contributed by atoms with Crippen molar-refractivity contribution in [3.8, 4) is 0 Å². The molecule has 1 fully saturated rings. The Kier molecular flexibility index (Phi) is 2.72. The molecule has 0 aromatic heterocycles. The van der Waals surface area contributed by atoms with E-state index in [1.54, 1.807) is 0 Å². The Morgan fingerprint density at radius 3 is 2.82 bits per heavy atom. The van der Waals surface area contributed by atoms with Gasteiger partial charge in [0.1, 0.15) is 0 Å². The average Bonchev–Trinajstić information content (AvgIpc) is 2.76. The van der Waals surface area contributed by atoms with Crippen LogP contribution in [-0.2, 0) is 17.6 Å². The Labute approximate surface area is 103 Å². The van der Waals surface area contributed by atoms with E-state index in [2.05, 4.69) is 37.4 Å². The second kappa shape index (κ2) is 4.11. The van der Waals surface area contributed by atoms with Crippen LogP contribution in [0.25, 0.3) is 0 Å². The predicted octanol–water partition coefficient (Wildman–Crippen LogP) is 2.61. The van der Waals surface area contributed by atoms with Gasteiger partial charge >= 0.3 is 0 Å². The average molecular weight is 231 g/mol. The van der Waals surface area contributed by atoms with E-state index in [-0.39, 0.29) is 11.6 Å². The molecule has 0 amide bonds. The summed E-state index contributed by atoms with van der Waals surface area (Å²) in [4.78, 5) is 0. The minimum atomic E-state index is 0.118. The van der Waals surface area contributed by atoms with Gasteiger partial charge in [0.2, 0.25) is 0 Å². The van der Waals surface area contributed by atoms with Crippen molar-refractivity contribution in [2.45, 2.75) is 44.8 Å². The lowest BCUT2D eigenvalue weighted by Crippen LogP contribution is -2.50. The Bertz CT molecular complexity index is 415. The van der Waals surface area contributed by atoms with Crippen molar-refractivity contribution in [1.82, 2.24) is 5.32 Å². The molecule has 0 spiro atoms. The molecule has 17 heavy (non-hydrogen) atoms. The lowest BCUT2D eigenvalue weighted by Gasteiger charge is -2.36. The maximum Gasteiger partial charge on any atom is 0.0950 e. The molecule has 0 saturated carbocycles. The number of hydrogen-bond donors (Lipinski definition) is 1. The van der Waals surface area contributed by atoms with Crippen molar-refractivity contribution in [1.29, 1.82) is 0 Å².